The van der Waals surface area contributed by atoms with Gasteiger partial charge in [0, 0.05) is 24.7 Å². The fraction of sp³-hybridized carbons (Fsp3) is 0.714. The van der Waals surface area contributed by atoms with E-state index in [1.807, 2.05) is 12.2 Å². The molecule has 0 radical (unpaired) electrons. The zero-order valence-corrected chi connectivity index (χ0v) is 16.1. The monoisotopic (exact) mass is 366 g/mol. The molecular formula is C21H34O5. The lowest BCUT2D eigenvalue weighted by molar-refractivity contribution is -0.137. The van der Waals surface area contributed by atoms with Gasteiger partial charge in [-0.2, -0.15) is 0 Å². The van der Waals surface area contributed by atoms with E-state index in [2.05, 4.69) is 6.92 Å². The van der Waals surface area contributed by atoms with Gasteiger partial charge < -0.3 is 15.3 Å². The van der Waals surface area contributed by atoms with Crippen molar-refractivity contribution in [2.24, 2.45) is 11.8 Å². The molecule has 0 aromatic heterocycles. The van der Waals surface area contributed by atoms with Gasteiger partial charge in [0.1, 0.15) is 5.78 Å². The van der Waals surface area contributed by atoms with Crippen LogP contribution in [0, 0.1) is 11.8 Å². The minimum absolute atomic E-state index is 0.0161. The quantitative estimate of drug-likeness (QED) is 0.362. The van der Waals surface area contributed by atoms with Crippen LogP contribution in [0.3, 0.4) is 0 Å². The van der Waals surface area contributed by atoms with Crippen LogP contribution < -0.4 is 0 Å². The Labute approximate surface area is 156 Å². The van der Waals surface area contributed by atoms with Gasteiger partial charge in [0.2, 0.25) is 0 Å². The normalized spacial score (nSPS) is 26.0. The standard InChI is InChI=1S/C21H34O5/c1-3-4-9-13-21(2,26)14-12-17-16(18(22)15-19(17)23)10-7-5-6-8-11-20(24)25/h5,7,12,14,16-18,22,26H,3-4,6,8-11,13,15H2,1-2H3,(H,24,25)/b7-5-,14-12+/t16?,17-,18?,21-/m1/s1. The number of aliphatic carboxylic acids is 1. The van der Waals surface area contributed by atoms with Gasteiger partial charge in [-0.3, -0.25) is 9.59 Å². The second kappa shape index (κ2) is 11.3. The first-order chi connectivity index (χ1) is 12.3. The molecule has 148 valence electrons. The maximum Gasteiger partial charge on any atom is 0.303 e. The van der Waals surface area contributed by atoms with Crippen molar-refractivity contribution in [3.63, 3.8) is 0 Å². The number of hydrogen-bond acceptors (Lipinski definition) is 4. The Hall–Kier alpha value is -1.46. The molecule has 0 heterocycles. The van der Waals surface area contributed by atoms with Crippen LogP contribution in [0.15, 0.2) is 24.3 Å². The Bertz CT molecular complexity index is 507. The van der Waals surface area contributed by atoms with Gasteiger partial charge in [-0.05, 0) is 32.6 Å². The highest BCUT2D eigenvalue weighted by atomic mass is 16.4. The number of carbonyl (C=O) groups is 2. The van der Waals surface area contributed by atoms with Gasteiger partial charge in [-0.15, -0.1) is 0 Å². The van der Waals surface area contributed by atoms with Gasteiger partial charge in [0.15, 0.2) is 0 Å². The lowest BCUT2D eigenvalue weighted by Crippen LogP contribution is -2.23. The fourth-order valence-electron chi connectivity index (χ4n) is 3.39. The molecule has 5 heteroatoms. The summed E-state index contributed by atoms with van der Waals surface area (Å²) in [6, 6.07) is 0. The second-order valence-electron chi connectivity index (χ2n) is 7.59. The molecule has 26 heavy (non-hydrogen) atoms. The molecule has 5 nitrogen and oxygen atoms in total. The summed E-state index contributed by atoms with van der Waals surface area (Å²) in [6.45, 7) is 3.87. The number of Topliss-reactive ketones (excluding diaryl/α,β-unsaturated/α-hetero) is 1. The van der Waals surface area contributed by atoms with Crippen LogP contribution in [0.25, 0.3) is 0 Å². The fourth-order valence-corrected chi connectivity index (χ4v) is 3.39. The van der Waals surface area contributed by atoms with Crippen LogP contribution in [0.2, 0.25) is 0 Å². The largest absolute Gasteiger partial charge is 0.481 e. The number of aliphatic hydroxyl groups excluding tert-OH is 1. The van der Waals surface area contributed by atoms with Crippen molar-refractivity contribution in [2.75, 3.05) is 0 Å². The van der Waals surface area contributed by atoms with Crippen molar-refractivity contribution in [1.82, 2.24) is 0 Å². The molecule has 0 bridgehead atoms. The summed E-state index contributed by atoms with van der Waals surface area (Å²) in [5.74, 6) is -1.33. The topological polar surface area (TPSA) is 94.8 Å². The zero-order valence-electron chi connectivity index (χ0n) is 16.1. The van der Waals surface area contributed by atoms with Gasteiger partial charge in [-0.1, -0.05) is 50.5 Å². The second-order valence-corrected chi connectivity index (χ2v) is 7.59. The maximum absolute atomic E-state index is 12.2. The number of carboxylic acids is 1. The Morgan fingerprint density at radius 1 is 1.27 bits per heavy atom. The van der Waals surface area contributed by atoms with Gasteiger partial charge in [-0.25, -0.2) is 0 Å². The summed E-state index contributed by atoms with van der Waals surface area (Å²) < 4.78 is 0. The molecule has 0 aliphatic heterocycles. The Kier molecular flexibility index (Phi) is 9.81. The molecule has 4 atom stereocenters. The van der Waals surface area contributed by atoms with E-state index in [-0.39, 0.29) is 30.5 Å². The lowest BCUT2D eigenvalue weighted by Gasteiger charge is -2.21. The van der Waals surface area contributed by atoms with Crippen molar-refractivity contribution in [1.29, 1.82) is 0 Å². The number of allylic oxidation sites excluding steroid dienone is 3. The van der Waals surface area contributed by atoms with E-state index in [0.29, 0.717) is 25.7 Å². The molecule has 0 spiro atoms. The lowest BCUT2D eigenvalue weighted by atomic mass is 9.88. The van der Waals surface area contributed by atoms with Crippen molar-refractivity contribution >= 4 is 11.8 Å². The molecule has 1 saturated carbocycles. The highest BCUT2D eigenvalue weighted by Crippen LogP contribution is 2.34. The molecular weight excluding hydrogens is 332 g/mol. The first-order valence-corrected chi connectivity index (χ1v) is 9.76. The summed E-state index contributed by atoms with van der Waals surface area (Å²) >= 11 is 0. The minimum atomic E-state index is -0.930. The molecule has 1 aliphatic rings. The molecule has 3 N–H and O–H groups in total. The molecule has 0 amide bonds. The van der Waals surface area contributed by atoms with Gasteiger partial charge in [0.25, 0.3) is 0 Å². The minimum Gasteiger partial charge on any atom is -0.481 e. The first-order valence-electron chi connectivity index (χ1n) is 9.76. The summed E-state index contributed by atoms with van der Waals surface area (Å²) in [7, 11) is 0. The first kappa shape index (κ1) is 22.6. The van der Waals surface area contributed by atoms with Crippen LogP contribution in [0.5, 0.6) is 0 Å². The van der Waals surface area contributed by atoms with E-state index in [1.165, 1.54) is 0 Å². The number of ketones is 1. The predicted octanol–water partition coefficient (Wildman–Crippen LogP) is 3.64. The highest BCUT2D eigenvalue weighted by Gasteiger charge is 2.39. The average molecular weight is 366 g/mol. The van der Waals surface area contributed by atoms with Crippen molar-refractivity contribution in [2.45, 2.75) is 83.3 Å². The van der Waals surface area contributed by atoms with E-state index >= 15 is 0 Å². The van der Waals surface area contributed by atoms with Crippen molar-refractivity contribution < 1.29 is 24.9 Å². The van der Waals surface area contributed by atoms with Crippen LogP contribution in [0.1, 0.15) is 71.6 Å². The van der Waals surface area contributed by atoms with E-state index < -0.39 is 17.7 Å². The predicted molar refractivity (Wildman–Crippen MR) is 102 cm³/mol. The van der Waals surface area contributed by atoms with Gasteiger partial charge >= 0.3 is 5.97 Å². The van der Waals surface area contributed by atoms with Crippen LogP contribution in [-0.2, 0) is 9.59 Å². The third-order valence-electron chi connectivity index (χ3n) is 5.02. The number of carboxylic acid groups (broad SMARTS) is 1. The summed E-state index contributed by atoms with van der Waals surface area (Å²) in [5, 5.41) is 29.2. The smallest absolute Gasteiger partial charge is 0.303 e. The highest BCUT2D eigenvalue weighted by molar-refractivity contribution is 5.86. The molecule has 0 aromatic carbocycles. The van der Waals surface area contributed by atoms with E-state index in [9.17, 15) is 19.8 Å². The average Bonchev–Trinajstić information content (AvgIpc) is 2.82. The molecule has 1 fully saturated rings. The number of rotatable bonds is 12. The number of carbonyl (C=O) groups excluding carboxylic acids is 1. The Balaban J connectivity index is 2.58. The molecule has 1 rings (SSSR count). The van der Waals surface area contributed by atoms with Crippen LogP contribution in [-0.4, -0.2) is 38.8 Å². The Morgan fingerprint density at radius 2 is 2.00 bits per heavy atom. The van der Waals surface area contributed by atoms with E-state index in [0.717, 1.165) is 19.3 Å². The summed E-state index contributed by atoms with van der Waals surface area (Å²) in [6.07, 6.45) is 12.6. The number of aliphatic hydroxyl groups is 2. The van der Waals surface area contributed by atoms with E-state index in [4.69, 9.17) is 5.11 Å². The van der Waals surface area contributed by atoms with E-state index in [1.54, 1.807) is 19.1 Å². The molecule has 2 unspecified atom stereocenters. The number of unbranched alkanes of at least 4 members (excludes halogenated alkanes) is 3. The zero-order chi connectivity index (χ0) is 19.6. The van der Waals surface area contributed by atoms with Gasteiger partial charge in [0.05, 0.1) is 11.7 Å². The molecule has 0 saturated heterocycles. The third-order valence-corrected chi connectivity index (χ3v) is 5.02. The molecule has 1 aliphatic carbocycles. The van der Waals surface area contributed by atoms with Crippen LogP contribution >= 0.6 is 0 Å². The number of hydrogen-bond donors (Lipinski definition) is 3. The van der Waals surface area contributed by atoms with Crippen LogP contribution in [0.4, 0.5) is 0 Å². The third kappa shape index (κ3) is 8.28. The summed E-state index contributed by atoms with van der Waals surface area (Å²) in [4.78, 5) is 22.7. The van der Waals surface area contributed by atoms with Crippen molar-refractivity contribution in [3.05, 3.63) is 24.3 Å². The SMILES string of the molecule is CCCCC[C@@](C)(O)/C=C/[C@H]1C(=O)CC(O)C1C/C=C\CCCC(=O)O. The molecule has 0 aromatic rings. The summed E-state index contributed by atoms with van der Waals surface area (Å²) in [5.41, 5.74) is -0.930. The van der Waals surface area contributed by atoms with Crippen molar-refractivity contribution in [3.8, 4) is 0 Å². The maximum atomic E-state index is 12.2. The Morgan fingerprint density at radius 3 is 2.65 bits per heavy atom.